The van der Waals surface area contributed by atoms with Gasteiger partial charge in [-0.3, -0.25) is 4.79 Å². The molecule has 1 aromatic rings. The van der Waals surface area contributed by atoms with E-state index in [4.69, 9.17) is 4.98 Å². The van der Waals surface area contributed by atoms with Crippen molar-refractivity contribution < 1.29 is 4.79 Å². The molecule has 20 heavy (non-hydrogen) atoms. The number of piperidine rings is 1. The predicted octanol–water partition coefficient (Wildman–Crippen LogP) is 3.74. The predicted molar refractivity (Wildman–Crippen MR) is 84.7 cm³/mol. The molecule has 1 fully saturated rings. The summed E-state index contributed by atoms with van der Waals surface area (Å²) in [6.07, 6.45) is 3.65. The number of likely N-dealkylation sites (tertiary alicyclic amines) is 1. The number of hydrogen-bond acceptors (Lipinski definition) is 4. The Kier molecular flexibility index (Phi) is 5.33. The van der Waals surface area contributed by atoms with Crippen LogP contribution in [0.25, 0.3) is 0 Å². The molecule has 1 saturated heterocycles. The zero-order chi connectivity index (χ0) is 14.7. The van der Waals surface area contributed by atoms with Gasteiger partial charge in [-0.2, -0.15) is 0 Å². The normalized spacial score (nSPS) is 20.6. The molecule has 1 aromatic heterocycles. The van der Waals surface area contributed by atoms with Crippen molar-refractivity contribution >= 4 is 17.1 Å². The van der Waals surface area contributed by atoms with Crippen molar-refractivity contribution in [2.75, 3.05) is 19.6 Å². The lowest BCUT2D eigenvalue weighted by molar-refractivity contribution is 0.102. The molecule has 112 valence electrons. The molecule has 0 N–H and O–H groups in total. The zero-order valence-corrected chi connectivity index (χ0v) is 13.9. The standard InChI is InChI=1S/C16H26N2OS/c1-11(2)15-16(13(4)19)20-14(17-15)7-9-18-8-5-6-12(3)10-18/h11-12H,5-10H2,1-4H3. The first-order valence-electron chi connectivity index (χ1n) is 7.70. The van der Waals surface area contributed by atoms with Gasteiger partial charge in [0.15, 0.2) is 5.78 Å². The third-order valence-electron chi connectivity index (χ3n) is 3.95. The summed E-state index contributed by atoms with van der Waals surface area (Å²) < 4.78 is 0. The topological polar surface area (TPSA) is 33.2 Å². The van der Waals surface area contributed by atoms with Crippen LogP contribution in [0, 0.1) is 5.92 Å². The summed E-state index contributed by atoms with van der Waals surface area (Å²) in [5.41, 5.74) is 0.990. The maximum absolute atomic E-state index is 11.7. The van der Waals surface area contributed by atoms with Crippen LogP contribution in [0.5, 0.6) is 0 Å². The molecular formula is C16H26N2OS. The molecule has 0 spiro atoms. The molecule has 1 atom stereocenters. The van der Waals surface area contributed by atoms with E-state index >= 15 is 0 Å². The van der Waals surface area contributed by atoms with Crippen LogP contribution < -0.4 is 0 Å². The van der Waals surface area contributed by atoms with E-state index in [1.807, 2.05) is 0 Å². The highest BCUT2D eigenvalue weighted by molar-refractivity contribution is 7.13. The maximum atomic E-state index is 11.7. The van der Waals surface area contributed by atoms with Crippen LogP contribution in [0.15, 0.2) is 0 Å². The molecule has 3 nitrogen and oxygen atoms in total. The van der Waals surface area contributed by atoms with Gasteiger partial charge in [0.25, 0.3) is 0 Å². The quantitative estimate of drug-likeness (QED) is 0.776. The number of hydrogen-bond donors (Lipinski definition) is 0. The summed E-state index contributed by atoms with van der Waals surface area (Å²) in [4.78, 5) is 19.8. The van der Waals surface area contributed by atoms with Crippen molar-refractivity contribution in [1.82, 2.24) is 9.88 Å². The molecule has 4 heteroatoms. The van der Waals surface area contributed by atoms with Gasteiger partial charge in [0.1, 0.15) is 0 Å². The van der Waals surface area contributed by atoms with Gasteiger partial charge < -0.3 is 4.90 Å². The monoisotopic (exact) mass is 294 g/mol. The second-order valence-corrected chi connectivity index (χ2v) is 7.41. The minimum absolute atomic E-state index is 0.157. The van der Waals surface area contributed by atoms with Crippen LogP contribution in [-0.4, -0.2) is 35.3 Å². The lowest BCUT2D eigenvalue weighted by Crippen LogP contribution is -2.35. The van der Waals surface area contributed by atoms with E-state index in [-0.39, 0.29) is 5.78 Å². The fourth-order valence-corrected chi connectivity index (χ4v) is 3.97. The lowest BCUT2D eigenvalue weighted by atomic mass is 10.0. The molecule has 0 bridgehead atoms. The van der Waals surface area contributed by atoms with Gasteiger partial charge in [-0.15, -0.1) is 11.3 Å². The number of nitrogens with zero attached hydrogens (tertiary/aromatic N) is 2. The number of carbonyl (C=O) groups excluding carboxylic acids is 1. The molecule has 0 amide bonds. The minimum atomic E-state index is 0.157. The minimum Gasteiger partial charge on any atom is -0.303 e. The first-order valence-corrected chi connectivity index (χ1v) is 8.52. The Morgan fingerprint density at radius 3 is 2.80 bits per heavy atom. The molecule has 0 aromatic carbocycles. The fraction of sp³-hybridized carbons (Fsp3) is 0.750. The van der Waals surface area contributed by atoms with Gasteiger partial charge in [-0.1, -0.05) is 20.8 Å². The summed E-state index contributed by atoms with van der Waals surface area (Å²) in [6.45, 7) is 11.7. The third-order valence-corrected chi connectivity index (χ3v) is 5.18. The van der Waals surface area contributed by atoms with E-state index in [9.17, 15) is 4.79 Å². The molecular weight excluding hydrogens is 268 g/mol. The number of carbonyl (C=O) groups is 1. The van der Waals surface area contributed by atoms with Crippen LogP contribution in [-0.2, 0) is 6.42 Å². The first-order chi connectivity index (χ1) is 9.47. The van der Waals surface area contributed by atoms with Gasteiger partial charge in [0.2, 0.25) is 0 Å². The summed E-state index contributed by atoms with van der Waals surface area (Å²) in [7, 11) is 0. The molecule has 1 unspecified atom stereocenters. The SMILES string of the molecule is CC(=O)c1sc(CCN2CCCC(C)C2)nc1C(C)C. The molecule has 1 aliphatic heterocycles. The molecule has 2 rings (SSSR count). The van der Waals surface area contributed by atoms with Crippen molar-refractivity contribution in [3.05, 3.63) is 15.6 Å². The highest BCUT2D eigenvalue weighted by Gasteiger charge is 2.19. The van der Waals surface area contributed by atoms with E-state index in [2.05, 4.69) is 25.7 Å². The van der Waals surface area contributed by atoms with Crippen LogP contribution in [0.1, 0.15) is 66.8 Å². The van der Waals surface area contributed by atoms with Gasteiger partial charge in [-0.25, -0.2) is 4.98 Å². The summed E-state index contributed by atoms with van der Waals surface area (Å²) in [5, 5.41) is 1.12. The van der Waals surface area contributed by atoms with Crippen LogP contribution in [0.2, 0.25) is 0 Å². The lowest BCUT2D eigenvalue weighted by Gasteiger charge is -2.30. The van der Waals surface area contributed by atoms with Crippen molar-refractivity contribution in [2.45, 2.75) is 52.9 Å². The van der Waals surface area contributed by atoms with E-state index in [1.54, 1.807) is 18.3 Å². The Morgan fingerprint density at radius 1 is 1.50 bits per heavy atom. The highest BCUT2D eigenvalue weighted by atomic mass is 32.1. The average Bonchev–Trinajstić information content (AvgIpc) is 2.81. The smallest absolute Gasteiger partial charge is 0.171 e. The van der Waals surface area contributed by atoms with Crippen molar-refractivity contribution in [2.24, 2.45) is 5.92 Å². The van der Waals surface area contributed by atoms with Crippen molar-refractivity contribution in [3.8, 4) is 0 Å². The molecule has 0 saturated carbocycles. The Bertz CT molecular complexity index is 467. The van der Waals surface area contributed by atoms with Crippen molar-refractivity contribution in [3.63, 3.8) is 0 Å². The molecule has 2 heterocycles. The number of rotatable bonds is 5. The average molecular weight is 294 g/mol. The van der Waals surface area contributed by atoms with E-state index in [1.165, 1.54) is 25.9 Å². The maximum Gasteiger partial charge on any atom is 0.171 e. The largest absolute Gasteiger partial charge is 0.303 e. The molecule has 1 aliphatic rings. The Morgan fingerprint density at radius 2 is 2.25 bits per heavy atom. The van der Waals surface area contributed by atoms with Crippen LogP contribution >= 0.6 is 11.3 Å². The van der Waals surface area contributed by atoms with Crippen molar-refractivity contribution in [1.29, 1.82) is 0 Å². The second-order valence-electron chi connectivity index (χ2n) is 6.33. The Balaban J connectivity index is 1.99. The summed E-state index contributed by atoms with van der Waals surface area (Å²) >= 11 is 1.60. The Hall–Kier alpha value is -0.740. The molecule has 0 radical (unpaired) electrons. The molecule has 0 aliphatic carbocycles. The van der Waals surface area contributed by atoms with E-state index in [0.717, 1.165) is 34.5 Å². The van der Waals surface area contributed by atoms with Gasteiger partial charge in [0.05, 0.1) is 15.6 Å². The van der Waals surface area contributed by atoms with Gasteiger partial charge in [0, 0.05) is 26.4 Å². The van der Waals surface area contributed by atoms with E-state index in [0.29, 0.717) is 5.92 Å². The Labute approximate surface area is 126 Å². The second kappa shape index (κ2) is 6.81. The van der Waals surface area contributed by atoms with Crippen LogP contribution in [0.4, 0.5) is 0 Å². The summed E-state index contributed by atoms with van der Waals surface area (Å²) in [6, 6.07) is 0. The number of aromatic nitrogens is 1. The zero-order valence-electron chi connectivity index (χ0n) is 13.1. The highest BCUT2D eigenvalue weighted by Crippen LogP contribution is 2.26. The number of Topliss-reactive ketones (excluding diaryl/α,β-unsaturated/α-hetero) is 1. The van der Waals surface area contributed by atoms with Crippen LogP contribution in [0.3, 0.4) is 0 Å². The third kappa shape index (κ3) is 3.89. The van der Waals surface area contributed by atoms with Gasteiger partial charge in [-0.05, 0) is 31.2 Å². The van der Waals surface area contributed by atoms with E-state index < -0.39 is 0 Å². The summed E-state index contributed by atoms with van der Waals surface area (Å²) in [5.74, 6) is 1.30. The fourth-order valence-electron chi connectivity index (χ4n) is 2.87. The van der Waals surface area contributed by atoms with Gasteiger partial charge >= 0.3 is 0 Å². The first kappa shape index (κ1) is 15.6. The number of thiazole rings is 1. The number of ketones is 1.